The second kappa shape index (κ2) is 7.57. The van der Waals surface area contributed by atoms with Gasteiger partial charge in [0.1, 0.15) is 0 Å². The fourth-order valence-electron chi connectivity index (χ4n) is 0. The Bertz CT molecular complexity index is 91.5. The molecule has 10 heavy (non-hydrogen) atoms. The van der Waals surface area contributed by atoms with Gasteiger partial charge in [0.15, 0.2) is 0 Å². The fourth-order valence-corrected chi connectivity index (χ4v) is 0. The summed E-state index contributed by atoms with van der Waals surface area (Å²) in [5.74, 6) is -2.76. The van der Waals surface area contributed by atoms with Gasteiger partial charge < -0.3 is 10.2 Å². The van der Waals surface area contributed by atoms with Crippen molar-refractivity contribution in [3.05, 3.63) is 0 Å². The number of aliphatic hydroxyl groups excluding tert-OH is 1. The predicted octanol–water partition coefficient (Wildman–Crippen LogP) is 0.242. The molecule has 3 nitrogen and oxygen atoms in total. The van der Waals surface area contributed by atoms with Crippen LogP contribution in [0, 0.1) is 37.3 Å². The molecule has 0 fully saturated rings. The molecule has 0 aliphatic heterocycles. The second-order valence-corrected chi connectivity index (χ2v) is 0.803. The van der Waals surface area contributed by atoms with E-state index in [2.05, 4.69) is 0 Å². The zero-order valence-electron chi connectivity index (χ0n) is 4.73. The van der Waals surface area contributed by atoms with Gasteiger partial charge in [-0.2, -0.15) is 13.2 Å². The molecule has 0 unspecified atom stereocenters. The van der Waals surface area contributed by atoms with Crippen LogP contribution < -0.4 is 0 Å². The van der Waals surface area contributed by atoms with E-state index in [4.69, 9.17) is 15.0 Å². The van der Waals surface area contributed by atoms with E-state index in [0.29, 0.717) is 0 Å². The number of hydrogen-bond donors (Lipinski definition) is 2. The molecule has 0 radical (unpaired) electrons. The largest absolute Gasteiger partial charge is 0.490 e. The van der Waals surface area contributed by atoms with Gasteiger partial charge in [0.05, 0.1) is 0 Å². The first-order valence-corrected chi connectivity index (χ1v) is 1.69. The van der Waals surface area contributed by atoms with E-state index in [1.54, 1.807) is 0 Å². The second-order valence-electron chi connectivity index (χ2n) is 0.803. The number of alkyl halides is 3. The van der Waals surface area contributed by atoms with E-state index in [9.17, 15) is 13.2 Å². The third kappa shape index (κ3) is 11.3. The van der Waals surface area contributed by atoms with Crippen LogP contribution in [-0.4, -0.2) is 29.5 Å². The summed E-state index contributed by atoms with van der Waals surface area (Å²) < 4.78 is 31.7. The van der Waals surface area contributed by atoms with Crippen molar-refractivity contribution in [3.63, 3.8) is 0 Å². The van der Waals surface area contributed by atoms with E-state index in [1.165, 1.54) is 0 Å². The van der Waals surface area contributed by atoms with Gasteiger partial charge in [-0.1, -0.05) is 0 Å². The Morgan fingerprint density at radius 2 is 1.40 bits per heavy atom. The molecule has 0 aromatic carbocycles. The van der Waals surface area contributed by atoms with Crippen molar-refractivity contribution in [1.29, 1.82) is 0 Å². The number of carbonyl (C=O) groups is 1. The van der Waals surface area contributed by atoms with Gasteiger partial charge >= 0.3 is 12.1 Å². The molecule has 0 bridgehead atoms. The molecule has 2 N–H and O–H groups in total. The number of aliphatic hydroxyl groups is 1. The van der Waals surface area contributed by atoms with Gasteiger partial charge in [0, 0.05) is 44.4 Å². The van der Waals surface area contributed by atoms with E-state index < -0.39 is 12.1 Å². The summed E-state index contributed by atoms with van der Waals surface area (Å²) in [6.07, 6.45) is -5.08. The number of halogens is 3. The SMILES string of the molecule is CO.O=C(O)C(F)(F)F.[Er]. The van der Waals surface area contributed by atoms with Crippen molar-refractivity contribution >= 4 is 5.97 Å². The minimum Gasteiger partial charge on any atom is -0.475 e. The molecule has 0 saturated carbocycles. The standard InChI is InChI=1S/C2HF3O2.CH4O.Er/c3-2(4,5)1(6)7;1-2;/h(H,6,7);2H,1H3;. The molecule has 0 aliphatic rings. The zero-order valence-corrected chi connectivity index (χ0v) is 6.58. The first kappa shape index (κ1) is 16.8. The van der Waals surface area contributed by atoms with Crippen LogP contribution in [0.15, 0.2) is 0 Å². The molecule has 0 atom stereocenters. The molecule has 0 aromatic rings. The first-order valence-electron chi connectivity index (χ1n) is 1.69. The number of carboxylic acid groups (broad SMARTS) is 1. The molecule has 0 heterocycles. The van der Waals surface area contributed by atoms with Crippen LogP contribution in [0.25, 0.3) is 0 Å². The Morgan fingerprint density at radius 1 is 1.30 bits per heavy atom. The van der Waals surface area contributed by atoms with Gasteiger partial charge in [0.25, 0.3) is 0 Å². The van der Waals surface area contributed by atoms with Crippen molar-refractivity contribution in [2.24, 2.45) is 0 Å². The van der Waals surface area contributed by atoms with Crippen LogP contribution in [0.4, 0.5) is 13.2 Å². The molecular weight excluding hydrogens is 308 g/mol. The van der Waals surface area contributed by atoms with E-state index in [-0.39, 0.29) is 37.3 Å². The Morgan fingerprint density at radius 3 is 1.40 bits per heavy atom. The summed E-state index contributed by atoms with van der Waals surface area (Å²) in [6, 6.07) is 0. The summed E-state index contributed by atoms with van der Waals surface area (Å²) in [4.78, 5) is 8.90. The van der Waals surface area contributed by atoms with E-state index in [1.807, 2.05) is 0 Å². The maximum atomic E-state index is 10.6. The summed E-state index contributed by atoms with van der Waals surface area (Å²) in [5.41, 5.74) is 0. The fraction of sp³-hybridized carbons (Fsp3) is 0.667. The smallest absolute Gasteiger partial charge is 0.475 e. The normalized spacial score (nSPS) is 8.50. The molecule has 7 heteroatoms. The van der Waals surface area contributed by atoms with Crippen LogP contribution in [0.3, 0.4) is 0 Å². The molecule has 0 aliphatic carbocycles. The van der Waals surface area contributed by atoms with Gasteiger partial charge in [-0.05, 0) is 0 Å². The topological polar surface area (TPSA) is 57.5 Å². The Balaban J connectivity index is -0.000000149. The molecule has 0 amide bonds. The van der Waals surface area contributed by atoms with Crippen LogP contribution in [0.5, 0.6) is 0 Å². The number of hydrogen-bond acceptors (Lipinski definition) is 2. The maximum absolute atomic E-state index is 10.6. The van der Waals surface area contributed by atoms with Crippen LogP contribution in [-0.2, 0) is 4.79 Å². The van der Waals surface area contributed by atoms with Crippen molar-refractivity contribution in [2.75, 3.05) is 7.11 Å². The number of aliphatic carboxylic acids is 1. The monoisotopic (exact) mass is 312 g/mol. The summed E-state index contributed by atoms with van der Waals surface area (Å²) >= 11 is 0. The van der Waals surface area contributed by atoms with E-state index >= 15 is 0 Å². The Hall–Kier alpha value is 0.467. The molecule has 0 rings (SSSR count). The molecule has 0 spiro atoms. The van der Waals surface area contributed by atoms with Crippen molar-refractivity contribution < 1.29 is 65.5 Å². The van der Waals surface area contributed by atoms with Gasteiger partial charge in [-0.25, -0.2) is 4.79 Å². The Labute approximate surface area is 84.4 Å². The van der Waals surface area contributed by atoms with Crippen molar-refractivity contribution in [2.45, 2.75) is 6.18 Å². The van der Waals surface area contributed by atoms with Crippen LogP contribution >= 0.6 is 0 Å². The average Bonchev–Trinajstić information content (AvgIpc) is 1.69. The van der Waals surface area contributed by atoms with Crippen molar-refractivity contribution in [3.8, 4) is 0 Å². The number of carboxylic acids is 1. The third-order valence-corrected chi connectivity index (χ3v) is 0.243. The summed E-state index contributed by atoms with van der Waals surface area (Å²) in [7, 11) is 1.00. The summed E-state index contributed by atoms with van der Waals surface area (Å²) in [6.45, 7) is 0. The average molecular weight is 313 g/mol. The molecule has 0 saturated heterocycles. The van der Waals surface area contributed by atoms with Gasteiger partial charge in [-0.3, -0.25) is 0 Å². The maximum Gasteiger partial charge on any atom is 0.490 e. The minimum atomic E-state index is -5.08. The van der Waals surface area contributed by atoms with Crippen molar-refractivity contribution in [1.82, 2.24) is 0 Å². The third-order valence-electron chi connectivity index (χ3n) is 0.243. The molecule has 68 valence electrons. The minimum absolute atomic E-state index is 0. The molecular formula is C3H5ErF3O3. The molecule has 0 aromatic heterocycles. The summed E-state index contributed by atoms with van der Waals surface area (Å²) in [5, 5.41) is 14.1. The Kier molecular flexibility index (Phi) is 12.7. The predicted molar refractivity (Wildman–Crippen MR) is 21.8 cm³/mol. The van der Waals surface area contributed by atoms with Crippen LogP contribution in [0.2, 0.25) is 0 Å². The van der Waals surface area contributed by atoms with Gasteiger partial charge in [0.2, 0.25) is 0 Å². The van der Waals surface area contributed by atoms with Gasteiger partial charge in [-0.15, -0.1) is 0 Å². The zero-order chi connectivity index (χ0) is 8.08. The quantitative estimate of drug-likeness (QED) is 0.674. The number of rotatable bonds is 0. The van der Waals surface area contributed by atoms with E-state index in [0.717, 1.165) is 7.11 Å². The first-order chi connectivity index (χ1) is 3.94. The van der Waals surface area contributed by atoms with Crippen LogP contribution in [0.1, 0.15) is 0 Å².